The third-order valence-corrected chi connectivity index (χ3v) is 6.88. The summed E-state index contributed by atoms with van der Waals surface area (Å²) in [5.41, 5.74) is 0.158. The number of nitrogens with zero attached hydrogens (tertiary/aromatic N) is 1. The summed E-state index contributed by atoms with van der Waals surface area (Å²) in [5, 5.41) is 0.528. The van der Waals surface area contributed by atoms with Gasteiger partial charge in [0, 0.05) is 29.1 Å². The van der Waals surface area contributed by atoms with E-state index in [1.165, 1.54) is 0 Å². The number of para-hydroxylation sites is 1. The summed E-state index contributed by atoms with van der Waals surface area (Å²) >= 11 is 0. The first-order chi connectivity index (χ1) is 13.3. The minimum absolute atomic E-state index is 0.0184. The second-order valence-electron chi connectivity index (χ2n) is 7.26. The van der Waals surface area contributed by atoms with Crippen molar-refractivity contribution in [3.63, 3.8) is 0 Å². The number of aromatic amines is 1. The topological polar surface area (TPSA) is 114 Å². The highest BCUT2D eigenvalue weighted by Crippen LogP contribution is 2.32. The van der Waals surface area contributed by atoms with Gasteiger partial charge in [-0.2, -0.15) is 0 Å². The monoisotopic (exact) mass is 404 g/mol. The largest absolute Gasteiger partial charge is 0.452 e. The van der Waals surface area contributed by atoms with Gasteiger partial charge in [0.2, 0.25) is 5.56 Å². The number of fused-ring (bicyclic) bond motifs is 1. The Labute approximate surface area is 161 Å². The molecule has 1 aromatic carbocycles. The molecule has 0 spiro atoms. The summed E-state index contributed by atoms with van der Waals surface area (Å²) in [6, 6.07) is 7.64. The van der Waals surface area contributed by atoms with Crippen molar-refractivity contribution in [2.75, 3.05) is 18.1 Å². The molecule has 0 bridgehead atoms. The molecule has 1 N–H and O–H groups in total. The number of ether oxygens (including phenoxy) is 1. The lowest BCUT2D eigenvalue weighted by Gasteiger charge is -2.28. The molecule has 28 heavy (non-hydrogen) atoms. The third-order valence-electron chi connectivity index (χ3n) is 5.13. The van der Waals surface area contributed by atoms with E-state index in [0.717, 1.165) is 18.9 Å². The van der Waals surface area contributed by atoms with Crippen LogP contribution in [0.25, 0.3) is 10.9 Å². The van der Waals surface area contributed by atoms with E-state index < -0.39 is 33.9 Å². The summed E-state index contributed by atoms with van der Waals surface area (Å²) < 4.78 is 28.7. The Morgan fingerprint density at radius 1 is 1.14 bits per heavy atom. The number of hydrogen-bond donors (Lipinski definition) is 1. The first-order valence-electron chi connectivity index (χ1n) is 9.15. The van der Waals surface area contributed by atoms with Gasteiger partial charge in [0.05, 0.1) is 17.1 Å². The van der Waals surface area contributed by atoms with Crippen molar-refractivity contribution < 1.29 is 22.7 Å². The zero-order valence-electron chi connectivity index (χ0n) is 15.1. The van der Waals surface area contributed by atoms with E-state index in [-0.39, 0.29) is 29.2 Å². The summed E-state index contributed by atoms with van der Waals surface area (Å²) in [5.74, 6) is -1.12. The standard InChI is InChI=1S/C19H20N2O6S/c22-17-9-15(14-3-1-2-4-16(14)20-17)19(24)27-10-18(23)21(12-5-6-12)13-7-8-28(25,26)11-13/h1-4,9,12-13H,5-8,10-11H2,(H,20,22)/t13-/m0/s1. The summed E-state index contributed by atoms with van der Waals surface area (Å²) in [6.45, 7) is -0.479. The number of nitrogens with one attached hydrogen (secondary N) is 1. The molecule has 2 aliphatic rings. The van der Waals surface area contributed by atoms with E-state index in [9.17, 15) is 22.8 Å². The van der Waals surface area contributed by atoms with E-state index in [2.05, 4.69) is 4.98 Å². The van der Waals surface area contributed by atoms with E-state index in [0.29, 0.717) is 17.3 Å². The summed E-state index contributed by atoms with van der Waals surface area (Å²) in [7, 11) is -3.12. The van der Waals surface area contributed by atoms with Crippen molar-refractivity contribution >= 4 is 32.6 Å². The van der Waals surface area contributed by atoms with Crippen molar-refractivity contribution in [2.45, 2.75) is 31.3 Å². The molecule has 9 heteroatoms. The van der Waals surface area contributed by atoms with Gasteiger partial charge in [-0.1, -0.05) is 18.2 Å². The number of esters is 1. The maximum Gasteiger partial charge on any atom is 0.339 e. The molecule has 1 atom stereocenters. The van der Waals surface area contributed by atoms with Crippen LogP contribution < -0.4 is 5.56 Å². The quantitative estimate of drug-likeness (QED) is 0.740. The predicted octanol–water partition coefficient (Wildman–Crippen LogP) is 0.863. The zero-order chi connectivity index (χ0) is 19.9. The molecule has 1 saturated carbocycles. The molecule has 8 nitrogen and oxygen atoms in total. The van der Waals surface area contributed by atoms with Crippen molar-refractivity contribution in [1.29, 1.82) is 0 Å². The first-order valence-corrected chi connectivity index (χ1v) is 11.0. The minimum Gasteiger partial charge on any atom is -0.452 e. The summed E-state index contributed by atoms with van der Waals surface area (Å²) in [4.78, 5) is 41.2. The fourth-order valence-electron chi connectivity index (χ4n) is 3.71. The molecule has 1 aliphatic carbocycles. The van der Waals surface area contributed by atoms with Crippen molar-refractivity contribution in [3.05, 3.63) is 46.2 Å². The molecule has 2 heterocycles. The zero-order valence-corrected chi connectivity index (χ0v) is 15.9. The van der Waals surface area contributed by atoms with Crippen LogP contribution in [0.5, 0.6) is 0 Å². The van der Waals surface area contributed by atoms with E-state index in [1.807, 2.05) is 0 Å². The lowest BCUT2D eigenvalue weighted by molar-refractivity contribution is -0.137. The highest BCUT2D eigenvalue weighted by atomic mass is 32.2. The molecular weight excluding hydrogens is 384 g/mol. The third kappa shape index (κ3) is 3.80. The molecule has 148 valence electrons. The van der Waals surface area contributed by atoms with Crippen molar-refractivity contribution in [1.82, 2.24) is 9.88 Å². The number of pyridine rings is 1. The maximum atomic E-state index is 12.7. The van der Waals surface area contributed by atoms with Gasteiger partial charge in [0.15, 0.2) is 16.4 Å². The lowest BCUT2D eigenvalue weighted by Crippen LogP contribution is -2.44. The molecule has 1 amide bonds. The highest BCUT2D eigenvalue weighted by Gasteiger charge is 2.42. The first kappa shape index (κ1) is 18.7. The van der Waals surface area contributed by atoms with Crippen LogP contribution in [-0.4, -0.2) is 60.4 Å². The van der Waals surface area contributed by atoms with Crippen LogP contribution in [-0.2, 0) is 19.4 Å². The number of carbonyl (C=O) groups excluding carboxylic acids is 2. The Hall–Kier alpha value is -2.68. The van der Waals surface area contributed by atoms with Crippen LogP contribution in [0.4, 0.5) is 0 Å². The number of benzene rings is 1. The average molecular weight is 404 g/mol. The van der Waals surface area contributed by atoms with Crippen LogP contribution in [0.15, 0.2) is 35.1 Å². The van der Waals surface area contributed by atoms with Crippen molar-refractivity contribution in [2.24, 2.45) is 0 Å². The van der Waals surface area contributed by atoms with Gasteiger partial charge in [0.25, 0.3) is 5.91 Å². The number of amides is 1. The minimum atomic E-state index is -3.12. The Morgan fingerprint density at radius 2 is 1.89 bits per heavy atom. The normalized spacial score (nSPS) is 20.8. The highest BCUT2D eigenvalue weighted by molar-refractivity contribution is 7.91. The van der Waals surface area contributed by atoms with Crippen LogP contribution in [0, 0.1) is 0 Å². The van der Waals surface area contributed by atoms with Gasteiger partial charge >= 0.3 is 5.97 Å². The second kappa shape index (κ2) is 7.05. The van der Waals surface area contributed by atoms with Crippen LogP contribution in [0.2, 0.25) is 0 Å². The Bertz CT molecular complexity index is 1100. The van der Waals surface area contributed by atoms with E-state index >= 15 is 0 Å². The Morgan fingerprint density at radius 3 is 2.57 bits per heavy atom. The number of sulfone groups is 1. The molecule has 1 aromatic heterocycles. The van der Waals surface area contributed by atoms with Gasteiger partial charge in [-0.3, -0.25) is 9.59 Å². The van der Waals surface area contributed by atoms with Gasteiger partial charge in [-0.15, -0.1) is 0 Å². The number of H-pyrrole nitrogens is 1. The molecule has 2 aromatic rings. The number of aromatic nitrogens is 1. The second-order valence-corrected chi connectivity index (χ2v) is 9.49. The number of hydrogen-bond acceptors (Lipinski definition) is 6. The predicted molar refractivity (Wildman–Crippen MR) is 102 cm³/mol. The van der Waals surface area contributed by atoms with Gasteiger partial charge in [0.1, 0.15) is 0 Å². The Balaban J connectivity index is 1.49. The molecule has 0 unspecified atom stereocenters. The molecule has 0 radical (unpaired) electrons. The smallest absolute Gasteiger partial charge is 0.339 e. The number of carbonyl (C=O) groups is 2. The Kier molecular flexibility index (Phi) is 4.70. The number of rotatable bonds is 5. The molecular formula is C19H20N2O6S. The molecule has 1 saturated heterocycles. The van der Waals surface area contributed by atoms with Crippen LogP contribution >= 0.6 is 0 Å². The fraction of sp³-hybridized carbons (Fsp3) is 0.421. The van der Waals surface area contributed by atoms with Gasteiger partial charge in [-0.25, -0.2) is 13.2 Å². The van der Waals surface area contributed by atoms with Crippen molar-refractivity contribution in [3.8, 4) is 0 Å². The molecule has 2 fully saturated rings. The van der Waals surface area contributed by atoms with Crippen LogP contribution in [0.3, 0.4) is 0 Å². The van der Waals surface area contributed by atoms with E-state index in [4.69, 9.17) is 4.74 Å². The summed E-state index contributed by atoms with van der Waals surface area (Å²) in [6.07, 6.45) is 2.07. The SMILES string of the molecule is O=C(OCC(=O)N(C1CC1)[C@H]1CCS(=O)(=O)C1)c1cc(=O)[nH]c2ccccc12. The lowest BCUT2D eigenvalue weighted by atomic mass is 10.1. The average Bonchev–Trinajstić information content (AvgIpc) is 3.42. The molecule has 1 aliphatic heterocycles. The molecule has 4 rings (SSSR count). The fourth-order valence-corrected chi connectivity index (χ4v) is 5.42. The van der Waals surface area contributed by atoms with E-state index in [1.54, 1.807) is 29.2 Å². The van der Waals surface area contributed by atoms with Gasteiger partial charge in [-0.05, 0) is 25.3 Å². The maximum absolute atomic E-state index is 12.7. The van der Waals surface area contributed by atoms with Crippen LogP contribution in [0.1, 0.15) is 29.6 Å². The van der Waals surface area contributed by atoms with Gasteiger partial charge < -0.3 is 14.6 Å².